The third-order valence-corrected chi connectivity index (χ3v) is 5.82. The predicted octanol–water partition coefficient (Wildman–Crippen LogP) is 5.23. The van der Waals surface area contributed by atoms with Gasteiger partial charge in [-0.3, -0.25) is 0 Å². The zero-order valence-corrected chi connectivity index (χ0v) is 17.4. The fourth-order valence-electron chi connectivity index (χ4n) is 4.31. The monoisotopic (exact) mass is 385 g/mol. The number of rotatable bonds is 7. The third kappa shape index (κ3) is 4.92. The summed E-state index contributed by atoms with van der Waals surface area (Å²) in [6.45, 7) is 5.36. The van der Waals surface area contributed by atoms with Gasteiger partial charge in [-0.25, -0.2) is 4.39 Å². The Hall–Kier alpha value is -1.91. The van der Waals surface area contributed by atoms with Gasteiger partial charge in [-0.1, -0.05) is 32.0 Å². The van der Waals surface area contributed by atoms with Crippen LogP contribution >= 0.6 is 0 Å². The Labute approximate surface area is 168 Å². The molecule has 0 aliphatic heterocycles. The number of halogens is 1. The first kappa shape index (κ1) is 20.8. The Morgan fingerprint density at radius 2 is 1.96 bits per heavy atom. The maximum absolute atomic E-state index is 13.8. The van der Waals surface area contributed by atoms with Crippen LogP contribution in [-0.2, 0) is 11.2 Å². The highest BCUT2D eigenvalue weighted by molar-refractivity contribution is 5.69. The summed E-state index contributed by atoms with van der Waals surface area (Å²) < 4.78 is 25.8. The third-order valence-electron chi connectivity index (χ3n) is 5.82. The molecule has 0 aromatic heterocycles. The fourth-order valence-corrected chi connectivity index (χ4v) is 4.31. The smallest absolute Gasteiger partial charge is 0.123 e. The number of benzene rings is 2. The lowest BCUT2D eigenvalue weighted by atomic mass is 9.73. The summed E-state index contributed by atoms with van der Waals surface area (Å²) >= 11 is 0. The van der Waals surface area contributed by atoms with Crippen LogP contribution < -0.4 is 10.1 Å². The molecule has 152 valence electrons. The second-order valence-corrected chi connectivity index (χ2v) is 8.42. The minimum atomic E-state index is -0.219. The highest BCUT2D eigenvalue weighted by atomic mass is 19.1. The van der Waals surface area contributed by atoms with E-state index < -0.39 is 0 Å². The molecule has 4 heteroatoms. The molecule has 2 aromatic rings. The lowest BCUT2D eigenvalue weighted by molar-refractivity contribution is -0.0555. The molecule has 0 amide bonds. The largest absolute Gasteiger partial charge is 0.490 e. The van der Waals surface area contributed by atoms with E-state index in [4.69, 9.17) is 9.47 Å². The summed E-state index contributed by atoms with van der Waals surface area (Å²) in [5.74, 6) is 0.632. The van der Waals surface area contributed by atoms with Crippen molar-refractivity contribution in [2.24, 2.45) is 5.41 Å². The van der Waals surface area contributed by atoms with Crippen LogP contribution in [0.25, 0.3) is 11.1 Å². The highest BCUT2D eigenvalue weighted by Crippen LogP contribution is 2.39. The van der Waals surface area contributed by atoms with E-state index in [1.165, 1.54) is 11.6 Å². The van der Waals surface area contributed by atoms with Crippen molar-refractivity contribution in [1.29, 1.82) is 0 Å². The van der Waals surface area contributed by atoms with Gasteiger partial charge in [0.05, 0.1) is 12.2 Å². The van der Waals surface area contributed by atoms with E-state index in [0.29, 0.717) is 0 Å². The van der Waals surface area contributed by atoms with E-state index in [0.717, 1.165) is 49.1 Å². The molecule has 2 atom stereocenters. The number of hydrogen-bond acceptors (Lipinski definition) is 3. The van der Waals surface area contributed by atoms with Crippen LogP contribution in [0.1, 0.15) is 38.7 Å². The molecule has 2 unspecified atom stereocenters. The molecule has 0 saturated heterocycles. The van der Waals surface area contributed by atoms with Gasteiger partial charge >= 0.3 is 0 Å². The van der Waals surface area contributed by atoms with Crippen molar-refractivity contribution in [2.75, 3.05) is 20.7 Å². The number of methoxy groups -OCH3 is 1. The van der Waals surface area contributed by atoms with Crippen LogP contribution in [0.3, 0.4) is 0 Å². The molecule has 2 aromatic carbocycles. The standard InChI is InChI=1S/C24H32FNO2/c1-24(2)16-21(10-11-23(24)27-4)28-20-9-8-17(12-13-26-3)22(15-20)18-6-5-7-19(25)14-18/h5-9,14-15,21,23,26H,10-13,16H2,1-4H3. The van der Waals surface area contributed by atoms with Crippen LogP contribution in [0.5, 0.6) is 5.75 Å². The Balaban J connectivity index is 1.83. The van der Waals surface area contributed by atoms with E-state index in [9.17, 15) is 4.39 Å². The number of ether oxygens (including phenoxy) is 2. The minimum absolute atomic E-state index is 0.0930. The average molecular weight is 386 g/mol. The van der Waals surface area contributed by atoms with E-state index in [-0.39, 0.29) is 23.4 Å². The van der Waals surface area contributed by atoms with Gasteiger partial charge in [0.25, 0.3) is 0 Å². The maximum Gasteiger partial charge on any atom is 0.123 e. The normalized spacial score (nSPS) is 21.5. The Morgan fingerprint density at radius 1 is 1.14 bits per heavy atom. The summed E-state index contributed by atoms with van der Waals surface area (Å²) in [7, 11) is 3.74. The first-order valence-corrected chi connectivity index (χ1v) is 10.2. The second kappa shape index (κ2) is 9.06. The van der Waals surface area contributed by atoms with Gasteiger partial charge in [-0.2, -0.15) is 0 Å². The Kier molecular flexibility index (Phi) is 6.73. The molecule has 1 aliphatic rings. The molecule has 0 heterocycles. The van der Waals surface area contributed by atoms with Crippen LogP contribution in [-0.4, -0.2) is 32.9 Å². The van der Waals surface area contributed by atoms with Crippen molar-refractivity contribution < 1.29 is 13.9 Å². The Morgan fingerprint density at radius 3 is 2.64 bits per heavy atom. The molecule has 3 rings (SSSR count). The van der Waals surface area contributed by atoms with Crippen molar-refractivity contribution in [3.8, 4) is 16.9 Å². The lowest BCUT2D eigenvalue weighted by Crippen LogP contribution is -2.41. The van der Waals surface area contributed by atoms with Crippen LogP contribution in [0.2, 0.25) is 0 Å². The summed E-state index contributed by atoms with van der Waals surface area (Å²) in [4.78, 5) is 0. The number of hydrogen-bond donors (Lipinski definition) is 1. The van der Waals surface area contributed by atoms with Crippen molar-refractivity contribution in [2.45, 2.75) is 51.7 Å². The van der Waals surface area contributed by atoms with Crippen molar-refractivity contribution in [3.63, 3.8) is 0 Å². The average Bonchev–Trinajstić information content (AvgIpc) is 2.66. The van der Waals surface area contributed by atoms with Gasteiger partial charge in [0, 0.05) is 7.11 Å². The first-order chi connectivity index (χ1) is 13.4. The molecule has 0 spiro atoms. The fraction of sp³-hybridized carbons (Fsp3) is 0.500. The molecule has 1 aliphatic carbocycles. The molecular formula is C24H32FNO2. The first-order valence-electron chi connectivity index (χ1n) is 10.2. The summed E-state index contributed by atoms with van der Waals surface area (Å²) in [5, 5.41) is 3.19. The van der Waals surface area contributed by atoms with Gasteiger partial charge in [-0.05, 0) is 85.6 Å². The summed E-state index contributed by atoms with van der Waals surface area (Å²) in [5.41, 5.74) is 3.21. The van der Waals surface area contributed by atoms with Gasteiger partial charge < -0.3 is 14.8 Å². The molecule has 3 nitrogen and oxygen atoms in total. The number of nitrogens with one attached hydrogen (secondary N) is 1. The van der Waals surface area contributed by atoms with Gasteiger partial charge in [0.2, 0.25) is 0 Å². The zero-order valence-electron chi connectivity index (χ0n) is 17.4. The molecule has 1 saturated carbocycles. The molecular weight excluding hydrogens is 353 g/mol. The predicted molar refractivity (Wildman–Crippen MR) is 112 cm³/mol. The van der Waals surface area contributed by atoms with Gasteiger partial charge in [0.1, 0.15) is 11.6 Å². The van der Waals surface area contributed by atoms with Crippen LogP contribution in [0.15, 0.2) is 42.5 Å². The van der Waals surface area contributed by atoms with Gasteiger partial charge in [-0.15, -0.1) is 0 Å². The minimum Gasteiger partial charge on any atom is -0.490 e. The lowest BCUT2D eigenvalue weighted by Gasteiger charge is -2.41. The summed E-state index contributed by atoms with van der Waals surface area (Å²) in [6, 6.07) is 13.0. The summed E-state index contributed by atoms with van der Waals surface area (Å²) in [6.07, 6.45) is 4.28. The Bertz CT molecular complexity index is 790. The zero-order chi connectivity index (χ0) is 20.1. The highest BCUT2D eigenvalue weighted by Gasteiger charge is 2.37. The molecule has 1 fully saturated rings. The van der Waals surface area contributed by atoms with Crippen LogP contribution in [0, 0.1) is 11.2 Å². The van der Waals surface area contributed by atoms with Crippen LogP contribution in [0.4, 0.5) is 4.39 Å². The van der Waals surface area contributed by atoms with Crippen molar-refractivity contribution in [3.05, 3.63) is 53.8 Å². The van der Waals surface area contributed by atoms with E-state index >= 15 is 0 Å². The van der Waals surface area contributed by atoms with E-state index in [1.807, 2.05) is 19.2 Å². The van der Waals surface area contributed by atoms with Crippen molar-refractivity contribution in [1.82, 2.24) is 5.32 Å². The molecule has 0 bridgehead atoms. The topological polar surface area (TPSA) is 30.5 Å². The number of likely N-dealkylation sites (N-methyl/N-ethyl adjacent to an activating group) is 1. The van der Waals surface area contributed by atoms with Gasteiger partial charge in [0.15, 0.2) is 0 Å². The molecule has 28 heavy (non-hydrogen) atoms. The second-order valence-electron chi connectivity index (χ2n) is 8.42. The molecule has 0 radical (unpaired) electrons. The van der Waals surface area contributed by atoms with Crippen molar-refractivity contribution >= 4 is 0 Å². The van der Waals surface area contributed by atoms with E-state index in [1.54, 1.807) is 19.2 Å². The maximum atomic E-state index is 13.8. The molecule has 1 N–H and O–H groups in total. The SMILES string of the molecule is CNCCc1ccc(OC2CCC(OC)C(C)(C)C2)cc1-c1cccc(F)c1. The van der Waals surface area contributed by atoms with E-state index in [2.05, 4.69) is 31.3 Å². The quantitative estimate of drug-likeness (QED) is 0.708.